The molecule has 0 spiro atoms. The van der Waals surface area contributed by atoms with Crippen LogP contribution in [0.2, 0.25) is 0 Å². The highest BCUT2D eigenvalue weighted by atomic mass is 15.4. The Balaban J connectivity index is 2.35. The van der Waals surface area contributed by atoms with Crippen LogP contribution in [-0.2, 0) is 13.5 Å². The first kappa shape index (κ1) is 11.3. The fourth-order valence-corrected chi connectivity index (χ4v) is 2.73. The van der Waals surface area contributed by atoms with E-state index >= 15 is 0 Å². The van der Waals surface area contributed by atoms with Gasteiger partial charge in [-0.25, -0.2) is 0 Å². The highest BCUT2D eigenvalue weighted by Crippen LogP contribution is 2.33. The number of anilines is 2. The third-order valence-corrected chi connectivity index (χ3v) is 3.58. The maximum absolute atomic E-state index is 6.19. The van der Waals surface area contributed by atoms with Gasteiger partial charge in [-0.3, -0.25) is 4.68 Å². The van der Waals surface area contributed by atoms with Crippen molar-refractivity contribution < 1.29 is 0 Å². The third-order valence-electron chi connectivity index (χ3n) is 3.58. The lowest BCUT2D eigenvalue weighted by molar-refractivity contribution is 0.620. The highest BCUT2D eigenvalue weighted by Gasteiger charge is 2.28. The summed E-state index contributed by atoms with van der Waals surface area (Å²) in [6.45, 7) is 5.46. The van der Waals surface area contributed by atoms with Gasteiger partial charge in [0.05, 0.1) is 11.4 Å². The summed E-state index contributed by atoms with van der Waals surface area (Å²) in [6.07, 6.45) is 4.64. The number of nitrogens with zero attached hydrogens (tertiary/aromatic N) is 3. The summed E-state index contributed by atoms with van der Waals surface area (Å²) >= 11 is 0. The van der Waals surface area contributed by atoms with E-state index in [9.17, 15) is 0 Å². The number of nitrogens with two attached hydrogens (primary N) is 1. The Kier molecular flexibility index (Phi) is 3.08. The van der Waals surface area contributed by atoms with Gasteiger partial charge in [-0.1, -0.05) is 13.8 Å². The van der Waals surface area contributed by atoms with Crippen molar-refractivity contribution in [3.63, 3.8) is 0 Å². The fraction of sp³-hybridized carbons (Fsp3) is 0.750. The van der Waals surface area contributed by atoms with Gasteiger partial charge in [0.25, 0.3) is 0 Å². The SMILES string of the molecule is CCc1nn(C)c(N2CCCC2CC)c1N. The van der Waals surface area contributed by atoms with Gasteiger partial charge in [0.2, 0.25) is 0 Å². The van der Waals surface area contributed by atoms with E-state index in [1.165, 1.54) is 19.3 Å². The lowest BCUT2D eigenvalue weighted by atomic mass is 10.1. The minimum atomic E-state index is 0.641. The van der Waals surface area contributed by atoms with E-state index in [0.717, 1.165) is 30.2 Å². The summed E-state index contributed by atoms with van der Waals surface area (Å²) in [6, 6.07) is 0.641. The molecule has 1 saturated heterocycles. The van der Waals surface area contributed by atoms with Crippen LogP contribution in [0.15, 0.2) is 0 Å². The molecule has 4 nitrogen and oxygen atoms in total. The Hall–Kier alpha value is -1.19. The zero-order valence-electron chi connectivity index (χ0n) is 10.5. The zero-order chi connectivity index (χ0) is 11.7. The Bertz CT molecular complexity index is 369. The zero-order valence-corrected chi connectivity index (χ0v) is 10.5. The van der Waals surface area contributed by atoms with Gasteiger partial charge in [-0.2, -0.15) is 5.10 Å². The van der Waals surface area contributed by atoms with Gasteiger partial charge in [-0.15, -0.1) is 0 Å². The van der Waals surface area contributed by atoms with E-state index in [1.54, 1.807) is 0 Å². The van der Waals surface area contributed by atoms with Gasteiger partial charge in [0, 0.05) is 19.6 Å². The van der Waals surface area contributed by atoms with E-state index in [0.29, 0.717) is 6.04 Å². The fourth-order valence-electron chi connectivity index (χ4n) is 2.73. The molecule has 2 heterocycles. The molecule has 2 N–H and O–H groups in total. The molecule has 1 aromatic heterocycles. The van der Waals surface area contributed by atoms with Crippen LogP contribution in [0.1, 0.15) is 38.8 Å². The average molecular weight is 222 g/mol. The first-order valence-electron chi connectivity index (χ1n) is 6.27. The summed E-state index contributed by atoms with van der Waals surface area (Å²) in [5, 5.41) is 4.49. The Labute approximate surface area is 97.4 Å². The molecule has 1 atom stereocenters. The summed E-state index contributed by atoms with van der Waals surface area (Å²) in [5.74, 6) is 1.13. The van der Waals surface area contributed by atoms with Crippen molar-refractivity contribution in [2.24, 2.45) is 7.05 Å². The van der Waals surface area contributed by atoms with Crippen LogP contribution in [0.5, 0.6) is 0 Å². The predicted octanol–water partition coefficient (Wildman–Crippen LogP) is 1.94. The van der Waals surface area contributed by atoms with Crippen LogP contribution >= 0.6 is 0 Å². The maximum atomic E-state index is 6.19. The van der Waals surface area contributed by atoms with Crippen LogP contribution in [0, 0.1) is 0 Å². The summed E-state index contributed by atoms with van der Waals surface area (Å²) in [4.78, 5) is 2.43. The number of aryl methyl sites for hydroxylation is 2. The van der Waals surface area contributed by atoms with Gasteiger partial charge >= 0.3 is 0 Å². The lowest BCUT2D eigenvalue weighted by Crippen LogP contribution is -2.30. The minimum absolute atomic E-state index is 0.641. The van der Waals surface area contributed by atoms with Crippen molar-refractivity contribution in [1.29, 1.82) is 0 Å². The lowest BCUT2D eigenvalue weighted by Gasteiger charge is -2.26. The van der Waals surface area contributed by atoms with Crippen molar-refractivity contribution in [2.45, 2.75) is 45.6 Å². The second-order valence-corrected chi connectivity index (χ2v) is 4.56. The van der Waals surface area contributed by atoms with Gasteiger partial charge < -0.3 is 10.6 Å². The first-order chi connectivity index (χ1) is 7.69. The Morgan fingerprint density at radius 2 is 2.19 bits per heavy atom. The molecule has 0 amide bonds. The largest absolute Gasteiger partial charge is 0.394 e. The monoisotopic (exact) mass is 222 g/mol. The van der Waals surface area contributed by atoms with E-state index in [4.69, 9.17) is 5.73 Å². The highest BCUT2D eigenvalue weighted by molar-refractivity contribution is 5.67. The molecular formula is C12H22N4. The van der Waals surface area contributed by atoms with E-state index in [1.807, 2.05) is 11.7 Å². The molecule has 1 aliphatic rings. The number of rotatable bonds is 3. The van der Waals surface area contributed by atoms with E-state index < -0.39 is 0 Å². The van der Waals surface area contributed by atoms with Crippen LogP contribution in [0.3, 0.4) is 0 Å². The van der Waals surface area contributed by atoms with Crippen LogP contribution in [-0.4, -0.2) is 22.4 Å². The molecule has 1 aromatic rings. The molecule has 0 bridgehead atoms. The normalized spacial score (nSPS) is 20.7. The van der Waals surface area contributed by atoms with Crippen molar-refractivity contribution in [3.8, 4) is 0 Å². The standard InChI is InChI=1S/C12H22N4/c1-4-9-7-6-8-16(9)12-11(13)10(5-2)14-15(12)3/h9H,4-8,13H2,1-3H3. The van der Waals surface area contributed by atoms with Crippen molar-refractivity contribution in [2.75, 3.05) is 17.2 Å². The smallest absolute Gasteiger partial charge is 0.150 e. The van der Waals surface area contributed by atoms with Gasteiger partial charge in [0.1, 0.15) is 0 Å². The quantitative estimate of drug-likeness (QED) is 0.850. The molecule has 4 heteroatoms. The molecule has 0 aliphatic carbocycles. The van der Waals surface area contributed by atoms with E-state index in [-0.39, 0.29) is 0 Å². The molecule has 16 heavy (non-hydrogen) atoms. The molecule has 90 valence electrons. The Morgan fingerprint density at radius 3 is 2.75 bits per heavy atom. The predicted molar refractivity (Wildman–Crippen MR) is 67.7 cm³/mol. The van der Waals surface area contributed by atoms with E-state index in [2.05, 4.69) is 23.8 Å². The molecule has 0 saturated carbocycles. The number of nitrogen functional groups attached to an aromatic ring is 1. The second-order valence-electron chi connectivity index (χ2n) is 4.56. The first-order valence-corrected chi connectivity index (χ1v) is 6.27. The number of hydrogen-bond donors (Lipinski definition) is 1. The van der Waals surface area contributed by atoms with Gasteiger partial charge in [-0.05, 0) is 25.7 Å². The molecule has 1 aliphatic heterocycles. The number of aromatic nitrogens is 2. The van der Waals surface area contributed by atoms with Crippen LogP contribution in [0.4, 0.5) is 11.5 Å². The summed E-state index contributed by atoms with van der Waals surface area (Å²) in [7, 11) is 2.00. The van der Waals surface area contributed by atoms with Crippen molar-refractivity contribution >= 4 is 11.5 Å². The molecule has 2 rings (SSSR count). The number of hydrogen-bond acceptors (Lipinski definition) is 3. The average Bonchev–Trinajstić information content (AvgIpc) is 2.83. The molecule has 0 aromatic carbocycles. The summed E-state index contributed by atoms with van der Waals surface area (Å²) in [5.41, 5.74) is 8.09. The second kappa shape index (κ2) is 4.36. The van der Waals surface area contributed by atoms with Crippen molar-refractivity contribution in [1.82, 2.24) is 9.78 Å². The Morgan fingerprint density at radius 1 is 1.44 bits per heavy atom. The molecule has 1 unspecified atom stereocenters. The third kappa shape index (κ3) is 1.66. The molecular weight excluding hydrogens is 200 g/mol. The molecule has 0 radical (unpaired) electrons. The summed E-state index contributed by atoms with van der Waals surface area (Å²) < 4.78 is 1.95. The van der Waals surface area contributed by atoms with Crippen LogP contribution < -0.4 is 10.6 Å². The topological polar surface area (TPSA) is 47.1 Å². The minimum Gasteiger partial charge on any atom is -0.394 e. The van der Waals surface area contributed by atoms with Crippen LogP contribution in [0.25, 0.3) is 0 Å². The molecule has 1 fully saturated rings. The maximum Gasteiger partial charge on any atom is 0.150 e. The van der Waals surface area contributed by atoms with Crippen molar-refractivity contribution in [3.05, 3.63) is 5.69 Å². The van der Waals surface area contributed by atoms with Gasteiger partial charge in [0.15, 0.2) is 5.82 Å².